The van der Waals surface area contributed by atoms with Crippen molar-refractivity contribution in [3.63, 3.8) is 0 Å². The first kappa shape index (κ1) is 22.7. The van der Waals surface area contributed by atoms with Gasteiger partial charge in [-0.3, -0.25) is 4.99 Å². The number of methoxy groups -OCH3 is 1. The molecule has 2 aromatic rings. The third kappa shape index (κ3) is 5.19. The number of fused-ring (bicyclic) bond motifs is 1. The van der Waals surface area contributed by atoms with Crippen molar-refractivity contribution in [1.29, 1.82) is 0 Å². The summed E-state index contributed by atoms with van der Waals surface area (Å²) in [7, 11) is -2.16. The first-order valence-electron chi connectivity index (χ1n) is 10.2. The van der Waals surface area contributed by atoms with Crippen molar-refractivity contribution < 1.29 is 17.3 Å². The highest BCUT2D eigenvalue weighted by molar-refractivity contribution is 7.99. The highest BCUT2D eigenvalue weighted by atomic mass is 32.2. The second kappa shape index (κ2) is 9.43. The van der Waals surface area contributed by atoms with Crippen molar-refractivity contribution >= 4 is 27.6 Å². The van der Waals surface area contributed by atoms with Gasteiger partial charge in [0.25, 0.3) is 0 Å². The largest absolute Gasteiger partial charge is 0.493 e. The van der Waals surface area contributed by atoms with Crippen LogP contribution >= 0.6 is 11.8 Å². The Balaban J connectivity index is 2.20. The molecule has 2 aromatic carbocycles. The van der Waals surface area contributed by atoms with E-state index in [9.17, 15) is 8.42 Å². The first-order chi connectivity index (χ1) is 14.3. The number of hydrogen-bond donors (Lipinski definition) is 0. The fourth-order valence-corrected chi connectivity index (χ4v) is 5.38. The Bertz CT molecular complexity index is 1020. The normalized spacial score (nSPS) is 18.9. The van der Waals surface area contributed by atoms with Crippen LogP contribution in [0.1, 0.15) is 50.7 Å². The highest BCUT2D eigenvalue weighted by Crippen LogP contribution is 2.43. The molecule has 0 saturated carbocycles. The predicted molar refractivity (Wildman–Crippen MR) is 124 cm³/mol. The zero-order chi connectivity index (χ0) is 21.8. The van der Waals surface area contributed by atoms with Crippen LogP contribution < -0.4 is 8.92 Å². The minimum Gasteiger partial charge on any atom is -0.493 e. The lowest BCUT2D eigenvalue weighted by Gasteiger charge is -2.28. The summed E-state index contributed by atoms with van der Waals surface area (Å²) in [4.78, 5) is 6.28. The zero-order valence-corrected chi connectivity index (χ0v) is 19.6. The van der Waals surface area contributed by atoms with E-state index >= 15 is 0 Å². The summed E-state index contributed by atoms with van der Waals surface area (Å²) in [5, 5.41) is 0. The summed E-state index contributed by atoms with van der Waals surface area (Å²) in [6, 6.07) is 13.7. The highest BCUT2D eigenvalue weighted by Gasteiger charge is 2.33. The Morgan fingerprint density at radius 2 is 1.87 bits per heavy atom. The molecule has 0 aromatic heterocycles. The zero-order valence-electron chi connectivity index (χ0n) is 18.0. The van der Waals surface area contributed by atoms with Crippen LogP contribution in [-0.4, -0.2) is 38.8 Å². The molecule has 0 saturated heterocycles. The van der Waals surface area contributed by atoms with Gasteiger partial charge in [-0.15, -0.1) is 11.8 Å². The van der Waals surface area contributed by atoms with Gasteiger partial charge in [-0.2, -0.15) is 8.42 Å². The SMILES string of the molecule is CCCC[C@]1(CC)CSc2cc(OS(C)(=O)=O)c(OC)cc2C(c2ccccc2)=N1. The molecular weight excluding hydrogens is 418 g/mol. The molecule has 162 valence electrons. The van der Waals surface area contributed by atoms with Gasteiger partial charge >= 0.3 is 10.1 Å². The molecule has 0 bridgehead atoms. The summed E-state index contributed by atoms with van der Waals surface area (Å²) >= 11 is 1.70. The Kier molecular flexibility index (Phi) is 7.14. The number of unbranched alkanes of at least 4 members (excludes halogenated alkanes) is 1. The van der Waals surface area contributed by atoms with Gasteiger partial charge in [-0.05, 0) is 18.9 Å². The topological polar surface area (TPSA) is 65.0 Å². The standard InChI is InChI=1S/C23H29NO4S2/c1-5-7-13-23(6-2)16-29-21-15-20(28-30(4,25)26)19(27-3)14-18(21)22(24-23)17-11-9-8-10-12-17/h8-12,14-15H,5-7,13,16H2,1-4H3/t23-/m1/s1. The van der Waals surface area contributed by atoms with E-state index in [1.807, 2.05) is 24.3 Å². The summed E-state index contributed by atoms with van der Waals surface area (Å²) < 4.78 is 34.2. The van der Waals surface area contributed by atoms with Crippen LogP contribution in [0, 0.1) is 0 Å². The molecule has 1 heterocycles. The van der Waals surface area contributed by atoms with Crippen LogP contribution in [0.5, 0.6) is 11.5 Å². The second-order valence-corrected chi connectivity index (χ2v) is 10.2. The summed E-state index contributed by atoms with van der Waals surface area (Å²) in [6.45, 7) is 4.39. The monoisotopic (exact) mass is 447 g/mol. The average molecular weight is 448 g/mol. The molecule has 5 nitrogen and oxygen atoms in total. The van der Waals surface area contributed by atoms with Gasteiger partial charge in [0.05, 0.1) is 24.6 Å². The third-order valence-electron chi connectivity index (χ3n) is 5.31. The van der Waals surface area contributed by atoms with Crippen LogP contribution in [0.15, 0.2) is 52.4 Å². The van der Waals surface area contributed by atoms with Gasteiger partial charge < -0.3 is 8.92 Å². The van der Waals surface area contributed by atoms with E-state index < -0.39 is 10.1 Å². The lowest BCUT2D eigenvalue weighted by atomic mass is 9.91. The second-order valence-electron chi connectivity index (χ2n) is 7.58. The van der Waals surface area contributed by atoms with Crippen molar-refractivity contribution in [2.45, 2.75) is 50.0 Å². The molecule has 0 aliphatic carbocycles. The lowest BCUT2D eigenvalue weighted by molar-refractivity contribution is 0.390. The van der Waals surface area contributed by atoms with Gasteiger partial charge in [0.15, 0.2) is 11.5 Å². The van der Waals surface area contributed by atoms with E-state index in [1.165, 1.54) is 7.11 Å². The molecule has 0 fully saturated rings. The maximum absolute atomic E-state index is 11.7. The molecular formula is C23H29NO4S2. The molecule has 1 aliphatic heterocycles. The van der Waals surface area contributed by atoms with Gasteiger partial charge in [0.1, 0.15) is 0 Å². The third-order valence-corrected chi connectivity index (χ3v) is 7.12. The molecule has 3 rings (SSSR count). The molecule has 30 heavy (non-hydrogen) atoms. The van der Waals surface area contributed by atoms with E-state index in [0.29, 0.717) is 5.75 Å². The van der Waals surface area contributed by atoms with E-state index in [2.05, 4.69) is 26.0 Å². The molecule has 1 aliphatic rings. The molecule has 0 radical (unpaired) electrons. The quantitative estimate of drug-likeness (QED) is 0.513. The fourth-order valence-electron chi connectivity index (χ4n) is 3.58. The van der Waals surface area contributed by atoms with Crippen LogP contribution in [-0.2, 0) is 10.1 Å². The van der Waals surface area contributed by atoms with E-state index in [0.717, 1.165) is 59.4 Å². The average Bonchev–Trinajstić information content (AvgIpc) is 2.88. The Hall–Kier alpha value is -1.99. The van der Waals surface area contributed by atoms with Crippen LogP contribution in [0.25, 0.3) is 0 Å². The number of aliphatic imine (C=N–C) groups is 1. The van der Waals surface area contributed by atoms with E-state index in [1.54, 1.807) is 17.8 Å². The van der Waals surface area contributed by atoms with Crippen LogP contribution in [0.4, 0.5) is 0 Å². The van der Waals surface area contributed by atoms with Gasteiger partial charge in [-0.1, -0.05) is 57.0 Å². The summed E-state index contributed by atoms with van der Waals surface area (Å²) in [5.74, 6) is 1.41. The molecule has 0 amide bonds. The van der Waals surface area contributed by atoms with Crippen molar-refractivity contribution in [2.24, 2.45) is 4.99 Å². The smallest absolute Gasteiger partial charge is 0.306 e. The molecule has 0 unspecified atom stereocenters. The molecule has 0 N–H and O–H groups in total. The predicted octanol–water partition coefficient (Wildman–Crippen LogP) is 5.32. The minimum atomic E-state index is -3.67. The Labute approximate surface area is 184 Å². The maximum Gasteiger partial charge on any atom is 0.306 e. The molecule has 0 spiro atoms. The fraction of sp³-hybridized carbons (Fsp3) is 0.435. The number of thioether (sulfide) groups is 1. The number of hydrogen-bond acceptors (Lipinski definition) is 6. The maximum atomic E-state index is 11.7. The van der Waals surface area contributed by atoms with E-state index in [4.69, 9.17) is 13.9 Å². The van der Waals surface area contributed by atoms with E-state index in [-0.39, 0.29) is 11.3 Å². The number of nitrogens with zero attached hydrogens (tertiary/aromatic N) is 1. The Morgan fingerprint density at radius 3 is 2.47 bits per heavy atom. The number of ether oxygens (including phenoxy) is 1. The van der Waals surface area contributed by atoms with Gasteiger partial charge in [0, 0.05) is 27.8 Å². The first-order valence-corrected chi connectivity index (χ1v) is 13.0. The van der Waals surface area contributed by atoms with Crippen molar-refractivity contribution in [2.75, 3.05) is 19.1 Å². The molecule has 7 heteroatoms. The number of rotatable bonds is 8. The lowest BCUT2D eigenvalue weighted by Crippen LogP contribution is -2.29. The van der Waals surface area contributed by atoms with Gasteiger partial charge in [-0.25, -0.2) is 0 Å². The van der Waals surface area contributed by atoms with Crippen LogP contribution in [0.2, 0.25) is 0 Å². The summed E-state index contributed by atoms with van der Waals surface area (Å²) in [6.07, 6.45) is 5.22. The Morgan fingerprint density at radius 1 is 1.13 bits per heavy atom. The van der Waals surface area contributed by atoms with Crippen molar-refractivity contribution in [3.05, 3.63) is 53.6 Å². The van der Waals surface area contributed by atoms with Crippen LogP contribution in [0.3, 0.4) is 0 Å². The summed E-state index contributed by atoms with van der Waals surface area (Å²) in [5.41, 5.74) is 2.72. The van der Waals surface area contributed by atoms with Gasteiger partial charge in [0.2, 0.25) is 0 Å². The van der Waals surface area contributed by atoms with Crippen molar-refractivity contribution in [3.8, 4) is 11.5 Å². The van der Waals surface area contributed by atoms with Crippen molar-refractivity contribution in [1.82, 2.24) is 0 Å². The minimum absolute atomic E-state index is 0.171. The molecule has 1 atom stereocenters. The number of benzene rings is 2.